The van der Waals surface area contributed by atoms with Crippen molar-refractivity contribution in [2.45, 2.75) is 6.36 Å². The second-order valence-corrected chi connectivity index (χ2v) is 3.94. The van der Waals surface area contributed by atoms with E-state index in [2.05, 4.69) is 9.84 Å². The van der Waals surface area contributed by atoms with Crippen molar-refractivity contribution < 1.29 is 17.9 Å². The third-order valence-corrected chi connectivity index (χ3v) is 2.54. The molecule has 0 unspecified atom stereocenters. The summed E-state index contributed by atoms with van der Waals surface area (Å²) in [6, 6.07) is 7.13. The van der Waals surface area contributed by atoms with E-state index in [9.17, 15) is 13.2 Å². The van der Waals surface area contributed by atoms with Crippen LogP contribution in [0.1, 0.15) is 0 Å². The van der Waals surface area contributed by atoms with Crippen LogP contribution < -0.4 is 4.74 Å². The van der Waals surface area contributed by atoms with Crippen LogP contribution in [-0.2, 0) is 7.05 Å². The van der Waals surface area contributed by atoms with Crippen molar-refractivity contribution in [2.75, 3.05) is 0 Å². The van der Waals surface area contributed by atoms with Gasteiger partial charge >= 0.3 is 6.36 Å². The second-order valence-electron chi connectivity index (χ2n) is 3.55. The van der Waals surface area contributed by atoms with Crippen LogP contribution in [-0.4, -0.2) is 16.1 Å². The molecule has 0 amide bonds. The van der Waals surface area contributed by atoms with Crippen molar-refractivity contribution in [1.29, 1.82) is 0 Å². The first kappa shape index (κ1) is 12.8. The van der Waals surface area contributed by atoms with Crippen LogP contribution in [0, 0.1) is 0 Å². The number of nitrogens with zero attached hydrogens (tertiary/aromatic N) is 2. The number of ether oxygens (including phenoxy) is 1. The molecule has 1 aromatic heterocycles. The Kier molecular flexibility index (Phi) is 3.21. The summed E-state index contributed by atoms with van der Waals surface area (Å²) < 4.78 is 41.5. The molecule has 2 aromatic rings. The Morgan fingerprint density at radius 1 is 1.28 bits per heavy atom. The summed E-state index contributed by atoms with van der Waals surface area (Å²) >= 11 is 5.81. The largest absolute Gasteiger partial charge is 0.573 e. The summed E-state index contributed by atoms with van der Waals surface area (Å²) in [5, 5.41) is 4.46. The second kappa shape index (κ2) is 4.53. The highest BCUT2D eigenvalue weighted by Crippen LogP contribution is 2.28. The van der Waals surface area contributed by atoms with Crippen LogP contribution in [0.3, 0.4) is 0 Å². The Hall–Kier alpha value is -1.69. The van der Waals surface area contributed by atoms with E-state index >= 15 is 0 Å². The zero-order valence-electron chi connectivity index (χ0n) is 9.20. The minimum Gasteiger partial charge on any atom is -0.406 e. The van der Waals surface area contributed by atoms with Crippen molar-refractivity contribution in [1.82, 2.24) is 9.78 Å². The molecule has 96 valence electrons. The normalized spacial score (nSPS) is 11.6. The quantitative estimate of drug-likeness (QED) is 0.837. The van der Waals surface area contributed by atoms with Gasteiger partial charge in [0.05, 0.1) is 5.69 Å². The van der Waals surface area contributed by atoms with Gasteiger partial charge in [0.25, 0.3) is 0 Å². The SMILES string of the molecule is Cn1nc(-c2cccc(OC(F)(F)F)c2)cc1Cl. The van der Waals surface area contributed by atoms with Gasteiger partial charge in [-0.25, -0.2) is 0 Å². The molecule has 0 fully saturated rings. The zero-order chi connectivity index (χ0) is 13.3. The topological polar surface area (TPSA) is 27.1 Å². The fourth-order valence-electron chi connectivity index (χ4n) is 1.44. The molecule has 18 heavy (non-hydrogen) atoms. The molecule has 0 saturated carbocycles. The van der Waals surface area contributed by atoms with E-state index in [1.165, 1.54) is 22.9 Å². The van der Waals surface area contributed by atoms with Crippen molar-refractivity contribution in [3.63, 3.8) is 0 Å². The molecule has 0 bridgehead atoms. The maximum absolute atomic E-state index is 12.1. The average molecular weight is 277 g/mol. The van der Waals surface area contributed by atoms with Crippen molar-refractivity contribution in [3.8, 4) is 17.0 Å². The number of halogens is 4. The number of benzene rings is 1. The van der Waals surface area contributed by atoms with Gasteiger partial charge in [-0.1, -0.05) is 23.7 Å². The summed E-state index contributed by atoms with van der Waals surface area (Å²) in [6.45, 7) is 0. The van der Waals surface area contributed by atoms with Crippen LogP contribution in [0.5, 0.6) is 5.75 Å². The van der Waals surface area contributed by atoms with E-state index in [0.29, 0.717) is 16.4 Å². The Labute approximate surface area is 106 Å². The first-order chi connectivity index (χ1) is 8.35. The lowest BCUT2D eigenvalue weighted by Crippen LogP contribution is -2.17. The van der Waals surface area contributed by atoms with Gasteiger partial charge in [0, 0.05) is 18.7 Å². The standard InChI is InChI=1S/C11H8ClF3N2O/c1-17-10(12)6-9(16-17)7-3-2-4-8(5-7)18-11(13,14)15/h2-6H,1H3. The molecule has 0 aliphatic heterocycles. The van der Waals surface area contributed by atoms with Crippen molar-refractivity contribution in [2.24, 2.45) is 7.05 Å². The average Bonchev–Trinajstić information content (AvgIpc) is 2.57. The minimum atomic E-state index is -4.71. The summed E-state index contributed by atoms with van der Waals surface area (Å²) in [6.07, 6.45) is -4.71. The molecule has 1 heterocycles. The molecule has 0 N–H and O–H groups in total. The van der Waals surface area contributed by atoms with Gasteiger partial charge in [-0.15, -0.1) is 13.2 Å². The monoisotopic (exact) mass is 276 g/mol. The molecular formula is C11H8ClF3N2O. The highest BCUT2D eigenvalue weighted by atomic mass is 35.5. The van der Waals surface area contributed by atoms with E-state index in [1.54, 1.807) is 19.2 Å². The van der Waals surface area contributed by atoms with Gasteiger partial charge in [-0.3, -0.25) is 4.68 Å². The number of aryl methyl sites for hydroxylation is 1. The van der Waals surface area contributed by atoms with Crippen molar-refractivity contribution >= 4 is 11.6 Å². The maximum atomic E-state index is 12.1. The molecule has 0 spiro atoms. The lowest BCUT2D eigenvalue weighted by molar-refractivity contribution is -0.274. The number of hydrogen-bond acceptors (Lipinski definition) is 2. The Morgan fingerprint density at radius 3 is 2.56 bits per heavy atom. The van der Waals surface area contributed by atoms with Crippen LogP contribution in [0.2, 0.25) is 5.15 Å². The molecule has 0 atom stereocenters. The van der Waals surface area contributed by atoms with Gasteiger partial charge in [0.2, 0.25) is 0 Å². The lowest BCUT2D eigenvalue weighted by atomic mass is 10.1. The fraction of sp³-hybridized carbons (Fsp3) is 0.182. The number of hydrogen-bond donors (Lipinski definition) is 0. The number of rotatable bonds is 2. The van der Waals surface area contributed by atoms with E-state index in [0.717, 1.165) is 0 Å². The number of alkyl halides is 3. The predicted octanol–water partition coefficient (Wildman–Crippen LogP) is 3.64. The summed E-state index contributed by atoms with van der Waals surface area (Å²) in [5.41, 5.74) is 0.981. The summed E-state index contributed by atoms with van der Waals surface area (Å²) in [4.78, 5) is 0. The molecule has 3 nitrogen and oxygen atoms in total. The van der Waals surface area contributed by atoms with Gasteiger partial charge in [-0.2, -0.15) is 5.10 Å². The van der Waals surface area contributed by atoms with E-state index < -0.39 is 6.36 Å². The molecule has 0 saturated heterocycles. The Bertz CT molecular complexity index is 546. The molecule has 0 aliphatic carbocycles. The molecular weight excluding hydrogens is 269 g/mol. The maximum Gasteiger partial charge on any atom is 0.573 e. The zero-order valence-corrected chi connectivity index (χ0v) is 9.96. The molecule has 2 rings (SSSR count). The summed E-state index contributed by atoms with van der Waals surface area (Å²) in [7, 11) is 1.64. The van der Waals surface area contributed by atoms with Gasteiger partial charge < -0.3 is 4.74 Å². The highest BCUT2D eigenvalue weighted by Gasteiger charge is 2.31. The third kappa shape index (κ3) is 2.95. The van der Waals surface area contributed by atoms with E-state index in [-0.39, 0.29) is 5.75 Å². The number of aromatic nitrogens is 2. The van der Waals surface area contributed by atoms with Gasteiger partial charge in [0.15, 0.2) is 0 Å². The van der Waals surface area contributed by atoms with Crippen LogP contribution in [0.4, 0.5) is 13.2 Å². The molecule has 1 aromatic carbocycles. The molecule has 0 radical (unpaired) electrons. The lowest BCUT2D eigenvalue weighted by Gasteiger charge is -2.09. The molecule has 0 aliphatic rings. The Morgan fingerprint density at radius 2 is 2.00 bits per heavy atom. The predicted molar refractivity (Wildman–Crippen MR) is 60.3 cm³/mol. The smallest absolute Gasteiger partial charge is 0.406 e. The van der Waals surface area contributed by atoms with Crippen LogP contribution in [0.25, 0.3) is 11.3 Å². The first-order valence-electron chi connectivity index (χ1n) is 4.91. The van der Waals surface area contributed by atoms with Gasteiger partial charge in [0.1, 0.15) is 10.9 Å². The molecule has 7 heteroatoms. The Balaban J connectivity index is 2.32. The fourth-order valence-corrected chi connectivity index (χ4v) is 1.58. The third-order valence-electron chi connectivity index (χ3n) is 2.19. The van der Waals surface area contributed by atoms with Gasteiger partial charge in [-0.05, 0) is 12.1 Å². The van der Waals surface area contributed by atoms with Crippen molar-refractivity contribution in [3.05, 3.63) is 35.5 Å². The highest BCUT2D eigenvalue weighted by molar-refractivity contribution is 6.29. The first-order valence-corrected chi connectivity index (χ1v) is 5.29. The van der Waals surface area contributed by atoms with E-state index in [1.807, 2.05) is 0 Å². The minimum absolute atomic E-state index is 0.290. The van der Waals surface area contributed by atoms with E-state index in [4.69, 9.17) is 11.6 Å². The van der Waals surface area contributed by atoms with Crippen LogP contribution in [0.15, 0.2) is 30.3 Å². The van der Waals surface area contributed by atoms with Crippen LogP contribution >= 0.6 is 11.6 Å². The summed E-state index contributed by atoms with van der Waals surface area (Å²) in [5.74, 6) is -0.290.